The molecule has 2 rings (SSSR count). The van der Waals surface area contributed by atoms with Gasteiger partial charge in [-0.05, 0) is 34.7 Å². The van der Waals surface area contributed by atoms with Gasteiger partial charge in [0, 0.05) is 6.42 Å². The van der Waals surface area contributed by atoms with Gasteiger partial charge in [-0.1, -0.05) is 43.3 Å². The van der Waals surface area contributed by atoms with Crippen molar-refractivity contribution in [2.45, 2.75) is 25.9 Å². The molecule has 4 nitrogen and oxygen atoms in total. The predicted molar refractivity (Wildman–Crippen MR) is 82.5 cm³/mol. The van der Waals surface area contributed by atoms with Crippen LogP contribution >= 0.6 is 7.60 Å². The quantitative estimate of drug-likeness (QED) is 0.741. The molecular weight excluding hydrogens is 287 g/mol. The fraction of sp³-hybridized carbons (Fsp3) is 0.250. The number of hydrogen-bond acceptors (Lipinski definition) is 2. The summed E-state index contributed by atoms with van der Waals surface area (Å²) in [7, 11) is -4.10. The van der Waals surface area contributed by atoms with E-state index in [1.807, 2.05) is 24.3 Å². The first-order valence-electron chi connectivity index (χ1n) is 6.80. The van der Waals surface area contributed by atoms with E-state index < -0.39 is 7.60 Å². The standard InChI is InChI=1S/C16H19O4P/c1-2-12-3-5-13(6-4-12)9-15-10-14(7-8-16(15)17)11-21(18,19)20/h3-8,10,17H,2,9,11H2,1H3,(H2,18,19,20). The molecule has 112 valence electrons. The van der Waals surface area contributed by atoms with Crippen LogP contribution in [0.3, 0.4) is 0 Å². The average molecular weight is 306 g/mol. The molecule has 0 spiro atoms. The SMILES string of the molecule is CCc1ccc(Cc2cc(CP(=O)(O)O)ccc2O)cc1. The van der Waals surface area contributed by atoms with Gasteiger partial charge in [0.25, 0.3) is 0 Å². The number of phenols is 1. The molecule has 0 aliphatic heterocycles. The monoisotopic (exact) mass is 306 g/mol. The Morgan fingerprint density at radius 2 is 1.52 bits per heavy atom. The summed E-state index contributed by atoms with van der Waals surface area (Å²) in [5.74, 6) is 0.143. The second-order valence-electron chi connectivity index (χ2n) is 5.13. The highest BCUT2D eigenvalue weighted by molar-refractivity contribution is 7.50. The summed E-state index contributed by atoms with van der Waals surface area (Å²) < 4.78 is 11.1. The van der Waals surface area contributed by atoms with E-state index in [4.69, 9.17) is 9.79 Å². The zero-order chi connectivity index (χ0) is 15.5. The maximum atomic E-state index is 11.1. The number of hydrogen-bond donors (Lipinski definition) is 3. The van der Waals surface area contributed by atoms with E-state index in [-0.39, 0.29) is 11.9 Å². The van der Waals surface area contributed by atoms with Gasteiger partial charge >= 0.3 is 7.60 Å². The molecule has 0 unspecified atom stereocenters. The van der Waals surface area contributed by atoms with Crippen molar-refractivity contribution in [3.05, 3.63) is 64.7 Å². The van der Waals surface area contributed by atoms with Gasteiger partial charge in [0.1, 0.15) is 5.75 Å². The third-order valence-electron chi connectivity index (χ3n) is 3.36. The van der Waals surface area contributed by atoms with Crippen molar-refractivity contribution in [2.75, 3.05) is 0 Å². The van der Waals surface area contributed by atoms with E-state index >= 15 is 0 Å². The van der Waals surface area contributed by atoms with Crippen molar-refractivity contribution in [2.24, 2.45) is 0 Å². The Hall–Kier alpha value is -1.61. The lowest BCUT2D eigenvalue weighted by Gasteiger charge is -2.09. The summed E-state index contributed by atoms with van der Waals surface area (Å²) in [5, 5.41) is 9.90. The van der Waals surface area contributed by atoms with Crippen LogP contribution in [0.1, 0.15) is 29.2 Å². The van der Waals surface area contributed by atoms with Gasteiger partial charge < -0.3 is 14.9 Å². The third-order valence-corrected chi connectivity index (χ3v) is 4.14. The normalized spacial score (nSPS) is 11.6. The molecule has 2 aromatic carbocycles. The first-order chi connectivity index (χ1) is 9.87. The fourth-order valence-electron chi connectivity index (χ4n) is 2.23. The van der Waals surface area contributed by atoms with Crippen molar-refractivity contribution < 1.29 is 19.5 Å². The maximum Gasteiger partial charge on any atom is 0.329 e. The molecule has 0 bridgehead atoms. The van der Waals surface area contributed by atoms with Crippen molar-refractivity contribution in [3.63, 3.8) is 0 Å². The summed E-state index contributed by atoms with van der Waals surface area (Å²) in [6.45, 7) is 2.09. The lowest BCUT2D eigenvalue weighted by Crippen LogP contribution is -1.93. The smallest absolute Gasteiger partial charge is 0.329 e. The third kappa shape index (κ3) is 4.71. The molecular formula is C16H19O4P. The molecule has 0 aliphatic carbocycles. The van der Waals surface area contributed by atoms with Gasteiger partial charge in [-0.3, -0.25) is 4.57 Å². The van der Waals surface area contributed by atoms with Crippen LogP contribution in [-0.2, 0) is 23.6 Å². The van der Waals surface area contributed by atoms with E-state index in [1.54, 1.807) is 6.07 Å². The fourth-order valence-corrected chi connectivity index (χ4v) is 2.90. The molecule has 0 aliphatic rings. The largest absolute Gasteiger partial charge is 0.508 e. The molecule has 2 aromatic rings. The molecule has 0 aromatic heterocycles. The molecule has 0 saturated heterocycles. The first-order valence-corrected chi connectivity index (χ1v) is 8.60. The minimum Gasteiger partial charge on any atom is -0.508 e. The number of rotatable bonds is 5. The molecule has 0 atom stereocenters. The first kappa shape index (κ1) is 15.8. The Balaban J connectivity index is 2.21. The molecule has 21 heavy (non-hydrogen) atoms. The summed E-state index contributed by atoms with van der Waals surface area (Å²) in [6.07, 6.45) is 1.20. The average Bonchev–Trinajstić information content (AvgIpc) is 2.42. The van der Waals surface area contributed by atoms with Crippen molar-refractivity contribution >= 4 is 7.60 Å². The van der Waals surface area contributed by atoms with Crippen LogP contribution in [0, 0.1) is 0 Å². The van der Waals surface area contributed by atoms with E-state index in [2.05, 4.69) is 6.92 Å². The minimum absolute atomic E-state index is 0.143. The lowest BCUT2D eigenvalue weighted by atomic mass is 10.0. The van der Waals surface area contributed by atoms with E-state index in [0.717, 1.165) is 12.0 Å². The van der Waals surface area contributed by atoms with Crippen molar-refractivity contribution in [1.82, 2.24) is 0 Å². The number of benzene rings is 2. The number of aryl methyl sites for hydroxylation is 1. The maximum absolute atomic E-state index is 11.1. The van der Waals surface area contributed by atoms with Crippen LogP contribution in [0.5, 0.6) is 5.75 Å². The Morgan fingerprint density at radius 3 is 2.10 bits per heavy atom. The van der Waals surface area contributed by atoms with Gasteiger partial charge in [0.15, 0.2) is 0 Å². The summed E-state index contributed by atoms with van der Waals surface area (Å²) in [5.41, 5.74) is 3.50. The highest BCUT2D eigenvalue weighted by Crippen LogP contribution is 2.39. The van der Waals surface area contributed by atoms with E-state index in [9.17, 15) is 9.67 Å². The summed E-state index contributed by atoms with van der Waals surface area (Å²) in [4.78, 5) is 18.1. The van der Waals surface area contributed by atoms with Gasteiger partial charge in [-0.2, -0.15) is 0 Å². The van der Waals surface area contributed by atoms with Crippen LogP contribution in [0.2, 0.25) is 0 Å². The predicted octanol–water partition coefficient (Wildman–Crippen LogP) is 3.22. The highest BCUT2D eigenvalue weighted by atomic mass is 31.2. The van der Waals surface area contributed by atoms with Crippen LogP contribution in [0.4, 0.5) is 0 Å². The molecule has 0 fully saturated rings. The second kappa shape index (κ2) is 6.44. The van der Waals surface area contributed by atoms with Gasteiger partial charge in [-0.25, -0.2) is 0 Å². The Labute approximate surface area is 124 Å². The Morgan fingerprint density at radius 1 is 0.952 bits per heavy atom. The highest BCUT2D eigenvalue weighted by Gasteiger charge is 2.15. The summed E-state index contributed by atoms with van der Waals surface area (Å²) in [6, 6.07) is 12.8. The molecule has 0 radical (unpaired) electrons. The second-order valence-corrected chi connectivity index (χ2v) is 6.78. The van der Waals surface area contributed by atoms with E-state index in [1.165, 1.54) is 17.7 Å². The van der Waals surface area contributed by atoms with Crippen LogP contribution < -0.4 is 0 Å². The zero-order valence-electron chi connectivity index (χ0n) is 11.9. The lowest BCUT2D eigenvalue weighted by molar-refractivity contribution is 0.371. The van der Waals surface area contributed by atoms with Crippen LogP contribution in [0.25, 0.3) is 0 Å². The zero-order valence-corrected chi connectivity index (χ0v) is 12.8. The molecule has 0 amide bonds. The molecule has 3 N–H and O–H groups in total. The Kier molecular flexibility index (Phi) is 4.84. The van der Waals surface area contributed by atoms with Crippen molar-refractivity contribution in [3.8, 4) is 5.75 Å². The van der Waals surface area contributed by atoms with Gasteiger partial charge in [-0.15, -0.1) is 0 Å². The summed E-state index contributed by atoms with van der Waals surface area (Å²) >= 11 is 0. The number of aromatic hydroxyl groups is 1. The molecule has 5 heteroatoms. The molecule has 0 heterocycles. The topological polar surface area (TPSA) is 77.8 Å². The van der Waals surface area contributed by atoms with Gasteiger partial charge in [0.05, 0.1) is 6.16 Å². The minimum atomic E-state index is -4.10. The van der Waals surface area contributed by atoms with Crippen LogP contribution in [0.15, 0.2) is 42.5 Å². The van der Waals surface area contributed by atoms with Crippen LogP contribution in [-0.4, -0.2) is 14.9 Å². The van der Waals surface area contributed by atoms with Crippen molar-refractivity contribution in [1.29, 1.82) is 0 Å². The Bertz CT molecular complexity index is 658. The number of phenolic OH excluding ortho intramolecular Hbond substituents is 1. The molecule has 0 saturated carbocycles. The van der Waals surface area contributed by atoms with Gasteiger partial charge in [0.2, 0.25) is 0 Å². The van der Waals surface area contributed by atoms with E-state index in [0.29, 0.717) is 17.5 Å².